The van der Waals surface area contributed by atoms with Gasteiger partial charge in [0, 0.05) is 25.6 Å². The van der Waals surface area contributed by atoms with Crippen molar-refractivity contribution in [2.45, 2.75) is 51.0 Å². The maximum absolute atomic E-state index is 12.5. The lowest BCUT2D eigenvalue weighted by atomic mass is 9.92. The summed E-state index contributed by atoms with van der Waals surface area (Å²) in [7, 11) is 0. The number of piperidine rings is 2. The number of carbonyl (C=O) groups excluding carboxylic acids is 2. The van der Waals surface area contributed by atoms with Gasteiger partial charge >= 0.3 is 6.03 Å². The quantitative estimate of drug-likeness (QED) is 0.702. The van der Waals surface area contributed by atoms with E-state index in [1.54, 1.807) is 0 Å². The van der Waals surface area contributed by atoms with Crippen LogP contribution in [-0.4, -0.2) is 49.1 Å². The number of nitrogens with two attached hydrogens (primary N) is 1. The van der Waals surface area contributed by atoms with Crippen LogP contribution in [0.3, 0.4) is 0 Å². The van der Waals surface area contributed by atoms with Gasteiger partial charge in [-0.05, 0) is 57.5 Å². The molecule has 1 atom stereocenters. The Hall–Kier alpha value is -1.30. The average Bonchev–Trinajstić information content (AvgIpc) is 2.52. The maximum Gasteiger partial charge on any atom is 0.312 e. The molecule has 0 spiro atoms. The van der Waals surface area contributed by atoms with Gasteiger partial charge in [0.25, 0.3) is 0 Å². The molecule has 4 N–H and O–H groups in total. The van der Waals surface area contributed by atoms with Gasteiger partial charge in [0.15, 0.2) is 0 Å². The van der Waals surface area contributed by atoms with E-state index in [0.29, 0.717) is 18.9 Å². The predicted molar refractivity (Wildman–Crippen MR) is 81.8 cm³/mol. The highest BCUT2D eigenvalue weighted by atomic mass is 16.2. The van der Waals surface area contributed by atoms with E-state index in [1.165, 1.54) is 12.8 Å². The number of primary amides is 1. The van der Waals surface area contributed by atoms with Crippen molar-refractivity contribution in [1.82, 2.24) is 15.5 Å². The largest absolute Gasteiger partial charge is 0.352 e. The number of likely N-dealkylation sites (tertiary alicyclic amines) is 1. The van der Waals surface area contributed by atoms with E-state index in [0.717, 1.165) is 45.3 Å². The van der Waals surface area contributed by atoms with Gasteiger partial charge in [0.1, 0.15) is 0 Å². The molecular formula is C15H28N4O2. The van der Waals surface area contributed by atoms with Crippen LogP contribution < -0.4 is 16.4 Å². The van der Waals surface area contributed by atoms with Crippen LogP contribution in [0.4, 0.5) is 4.79 Å². The zero-order valence-electron chi connectivity index (χ0n) is 12.8. The summed E-state index contributed by atoms with van der Waals surface area (Å²) in [5, 5.41) is 5.99. The maximum atomic E-state index is 12.5. The van der Waals surface area contributed by atoms with Gasteiger partial charge in [-0.3, -0.25) is 4.79 Å². The molecule has 6 nitrogen and oxygen atoms in total. The molecule has 0 radical (unpaired) electrons. The van der Waals surface area contributed by atoms with Crippen LogP contribution in [0.1, 0.15) is 44.9 Å². The van der Waals surface area contributed by atoms with Gasteiger partial charge in [0.2, 0.25) is 5.91 Å². The number of nitrogens with zero attached hydrogens (tertiary/aromatic N) is 1. The average molecular weight is 296 g/mol. The number of nitrogens with one attached hydrogen (secondary N) is 2. The van der Waals surface area contributed by atoms with Gasteiger partial charge in [-0.2, -0.15) is 0 Å². The van der Waals surface area contributed by atoms with Crippen LogP contribution in [0.2, 0.25) is 0 Å². The number of urea groups is 1. The van der Waals surface area contributed by atoms with E-state index in [1.807, 2.05) is 4.90 Å². The molecule has 0 aromatic heterocycles. The SMILES string of the molecule is NC(=O)NCC1CCCCN1C(=O)CCC1CCNCC1. The number of rotatable bonds is 5. The van der Waals surface area contributed by atoms with Gasteiger partial charge in [-0.1, -0.05) is 0 Å². The summed E-state index contributed by atoms with van der Waals surface area (Å²) in [6, 6.07) is -0.394. The molecule has 1 unspecified atom stereocenters. The summed E-state index contributed by atoms with van der Waals surface area (Å²) in [5.41, 5.74) is 5.13. The molecule has 21 heavy (non-hydrogen) atoms. The van der Waals surface area contributed by atoms with Gasteiger partial charge in [-0.15, -0.1) is 0 Å². The summed E-state index contributed by atoms with van der Waals surface area (Å²) >= 11 is 0. The molecule has 6 heteroatoms. The van der Waals surface area contributed by atoms with Gasteiger partial charge < -0.3 is 21.3 Å². The molecule has 2 rings (SSSR count). The van der Waals surface area contributed by atoms with Crippen molar-refractivity contribution in [2.75, 3.05) is 26.2 Å². The minimum absolute atomic E-state index is 0.117. The van der Waals surface area contributed by atoms with Crippen LogP contribution in [0.15, 0.2) is 0 Å². The molecule has 0 bridgehead atoms. The number of carbonyl (C=O) groups is 2. The Morgan fingerprint density at radius 3 is 2.67 bits per heavy atom. The Morgan fingerprint density at radius 2 is 1.95 bits per heavy atom. The second kappa shape index (κ2) is 8.22. The molecule has 0 aromatic rings. The van der Waals surface area contributed by atoms with Gasteiger partial charge in [0.05, 0.1) is 0 Å². The normalized spacial score (nSPS) is 23.8. The zero-order chi connectivity index (χ0) is 15.1. The fourth-order valence-electron chi connectivity index (χ4n) is 3.40. The minimum atomic E-state index is -0.511. The fourth-order valence-corrected chi connectivity index (χ4v) is 3.40. The smallest absolute Gasteiger partial charge is 0.312 e. The third-order valence-corrected chi connectivity index (χ3v) is 4.68. The number of amides is 3. The van der Waals surface area contributed by atoms with Crippen molar-refractivity contribution in [3.8, 4) is 0 Å². The lowest BCUT2D eigenvalue weighted by Gasteiger charge is -2.36. The number of hydrogen-bond acceptors (Lipinski definition) is 3. The van der Waals surface area contributed by atoms with Crippen LogP contribution in [0, 0.1) is 5.92 Å². The van der Waals surface area contributed by atoms with Crippen molar-refractivity contribution in [3.63, 3.8) is 0 Å². The third-order valence-electron chi connectivity index (χ3n) is 4.68. The van der Waals surface area contributed by atoms with Crippen molar-refractivity contribution in [1.29, 1.82) is 0 Å². The molecule has 2 heterocycles. The molecular weight excluding hydrogens is 268 g/mol. The molecule has 2 fully saturated rings. The monoisotopic (exact) mass is 296 g/mol. The Bertz CT molecular complexity index is 356. The first-order valence-corrected chi connectivity index (χ1v) is 8.20. The lowest BCUT2D eigenvalue weighted by Crippen LogP contribution is -2.50. The number of hydrogen-bond donors (Lipinski definition) is 3. The standard InChI is InChI=1S/C15H28N4O2/c16-15(21)18-11-13-3-1-2-10-19(13)14(20)5-4-12-6-8-17-9-7-12/h12-13,17H,1-11H2,(H3,16,18,21). The summed E-state index contributed by atoms with van der Waals surface area (Å²) in [4.78, 5) is 25.3. The Morgan fingerprint density at radius 1 is 1.19 bits per heavy atom. The van der Waals surface area contributed by atoms with E-state index in [4.69, 9.17) is 5.73 Å². The highest BCUT2D eigenvalue weighted by Gasteiger charge is 2.27. The molecule has 0 saturated carbocycles. The summed E-state index contributed by atoms with van der Waals surface area (Å²) in [6.45, 7) is 3.45. The highest BCUT2D eigenvalue weighted by Crippen LogP contribution is 2.21. The fraction of sp³-hybridized carbons (Fsp3) is 0.867. The molecule has 2 aliphatic heterocycles. The van der Waals surface area contributed by atoms with Crippen molar-refractivity contribution < 1.29 is 9.59 Å². The zero-order valence-corrected chi connectivity index (χ0v) is 12.8. The van der Waals surface area contributed by atoms with E-state index in [-0.39, 0.29) is 11.9 Å². The Labute approximate surface area is 126 Å². The second-order valence-corrected chi connectivity index (χ2v) is 6.21. The van der Waals surface area contributed by atoms with E-state index >= 15 is 0 Å². The summed E-state index contributed by atoms with van der Waals surface area (Å²) in [5.74, 6) is 0.923. The van der Waals surface area contributed by atoms with Crippen LogP contribution in [0.25, 0.3) is 0 Å². The van der Waals surface area contributed by atoms with Crippen LogP contribution >= 0.6 is 0 Å². The molecule has 3 amide bonds. The van der Waals surface area contributed by atoms with E-state index in [2.05, 4.69) is 10.6 Å². The van der Waals surface area contributed by atoms with Crippen molar-refractivity contribution in [3.05, 3.63) is 0 Å². The van der Waals surface area contributed by atoms with Crippen molar-refractivity contribution >= 4 is 11.9 Å². The lowest BCUT2D eigenvalue weighted by molar-refractivity contribution is -0.135. The predicted octanol–water partition coefficient (Wildman–Crippen LogP) is 0.816. The second-order valence-electron chi connectivity index (χ2n) is 6.21. The van der Waals surface area contributed by atoms with E-state index in [9.17, 15) is 9.59 Å². The molecule has 2 saturated heterocycles. The molecule has 120 valence electrons. The van der Waals surface area contributed by atoms with Crippen LogP contribution in [-0.2, 0) is 4.79 Å². The minimum Gasteiger partial charge on any atom is -0.352 e. The molecule has 2 aliphatic rings. The first kappa shape index (κ1) is 16.1. The Kier molecular flexibility index (Phi) is 6.29. The first-order chi connectivity index (χ1) is 10.2. The van der Waals surface area contributed by atoms with E-state index < -0.39 is 6.03 Å². The molecule has 0 aromatic carbocycles. The highest BCUT2D eigenvalue weighted by molar-refractivity contribution is 5.77. The van der Waals surface area contributed by atoms with Crippen LogP contribution in [0.5, 0.6) is 0 Å². The third kappa shape index (κ3) is 5.19. The van der Waals surface area contributed by atoms with Crippen molar-refractivity contribution in [2.24, 2.45) is 11.7 Å². The topological polar surface area (TPSA) is 87.5 Å². The first-order valence-electron chi connectivity index (χ1n) is 8.20. The van der Waals surface area contributed by atoms with Gasteiger partial charge in [-0.25, -0.2) is 4.79 Å². The summed E-state index contributed by atoms with van der Waals surface area (Å²) in [6.07, 6.45) is 7.12. The molecule has 0 aliphatic carbocycles. The summed E-state index contributed by atoms with van der Waals surface area (Å²) < 4.78 is 0. The Balaban J connectivity index is 1.78.